The average molecular weight is 200 g/mol. The first-order chi connectivity index (χ1) is 7.29. The molecule has 1 aromatic carbocycles. The molecule has 0 bridgehead atoms. The Morgan fingerprint density at radius 3 is 3.20 bits per heavy atom. The van der Waals surface area contributed by atoms with Crippen molar-refractivity contribution in [1.82, 2.24) is 0 Å². The Balaban J connectivity index is 2.31. The van der Waals surface area contributed by atoms with Crippen LogP contribution in [0.25, 0.3) is 6.08 Å². The van der Waals surface area contributed by atoms with Crippen molar-refractivity contribution in [3.8, 4) is 11.8 Å². The first kappa shape index (κ1) is 9.28. The van der Waals surface area contributed by atoms with Crippen LogP contribution in [0.15, 0.2) is 24.3 Å². The number of nitrogens with one attached hydrogen (secondary N) is 1. The minimum Gasteiger partial charge on any atom is -0.482 e. The van der Waals surface area contributed by atoms with Crippen molar-refractivity contribution < 1.29 is 9.53 Å². The van der Waals surface area contributed by atoms with Crippen LogP contribution in [0, 0.1) is 11.3 Å². The Hall–Kier alpha value is -2.28. The van der Waals surface area contributed by atoms with E-state index in [0.717, 1.165) is 5.56 Å². The molecular formula is C11H8N2O2. The van der Waals surface area contributed by atoms with E-state index in [1.54, 1.807) is 18.2 Å². The van der Waals surface area contributed by atoms with Gasteiger partial charge < -0.3 is 10.1 Å². The van der Waals surface area contributed by atoms with Crippen molar-refractivity contribution in [3.63, 3.8) is 0 Å². The number of hydrogen-bond acceptors (Lipinski definition) is 3. The molecule has 1 aliphatic heterocycles. The van der Waals surface area contributed by atoms with Gasteiger partial charge in [0.25, 0.3) is 5.91 Å². The third-order valence-corrected chi connectivity index (χ3v) is 1.99. The van der Waals surface area contributed by atoms with Gasteiger partial charge in [0, 0.05) is 6.08 Å². The number of amides is 1. The molecule has 15 heavy (non-hydrogen) atoms. The fourth-order valence-corrected chi connectivity index (χ4v) is 1.33. The molecule has 74 valence electrons. The molecule has 0 saturated heterocycles. The van der Waals surface area contributed by atoms with E-state index in [1.165, 1.54) is 6.08 Å². The van der Waals surface area contributed by atoms with Gasteiger partial charge in [0.05, 0.1) is 11.8 Å². The van der Waals surface area contributed by atoms with Crippen molar-refractivity contribution in [2.75, 3.05) is 11.9 Å². The lowest BCUT2D eigenvalue weighted by Gasteiger charge is -2.17. The Labute approximate surface area is 86.8 Å². The molecule has 0 fully saturated rings. The minimum absolute atomic E-state index is 0.0401. The number of nitriles is 1. The summed E-state index contributed by atoms with van der Waals surface area (Å²) in [6, 6.07) is 7.25. The molecule has 1 aromatic rings. The zero-order valence-electron chi connectivity index (χ0n) is 7.86. The molecule has 0 aliphatic carbocycles. The number of fused-ring (bicyclic) bond motifs is 1. The summed E-state index contributed by atoms with van der Waals surface area (Å²) >= 11 is 0. The van der Waals surface area contributed by atoms with E-state index < -0.39 is 0 Å². The van der Waals surface area contributed by atoms with E-state index >= 15 is 0 Å². The summed E-state index contributed by atoms with van der Waals surface area (Å²) in [5.74, 6) is 0.484. The van der Waals surface area contributed by atoms with Gasteiger partial charge in [0.15, 0.2) is 6.61 Å². The number of anilines is 1. The molecule has 0 radical (unpaired) electrons. The van der Waals surface area contributed by atoms with Crippen molar-refractivity contribution in [3.05, 3.63) is 29.8 Å². The van der Waals surface area contributed by atoms with Crippen LogP contribution >= 0.6 is 0 Å². The van der Waals surface area contributed by atoms with Crippen LogP contribution in [0.4, 0.5) is 5.69 Å². The van der Waals surface area contributed by atoms with Gasteiger partial charge in [-0.05, 0) is 23.8 Å². The van der Waals surface area contributed by atoms with Crippen LogP contribution in [0.2, 0.25) is 0 Å². The molecule has 1 aliphatic rings. The highest BCUT2D eigenvalue weighted by Crippen LogP contribution is 2.28. The minimum atomic E-state index is -0.150. The Bertz CT molecular complexity index is 472. The number of hydrogen-bond donors (Lipinski definition) is 1. The summed E-state index contributed by atoms with van der Waals surface area (Å²) < 4.78 is 5.23. The monoisotopic (exact) mass is 200 g/mol. The van der Waals surface area contributed by atoms with Crippen LogP contribution < -0.4 is 10.1 Å². The van der Waals surface area contributed by atoms with Crippen molar-refractivity contribution in [1.29, 1.82) is 5.26 Å². The van der Waals surface area contributed by atoms with Crippen LogP contribution in [-0.2, 0) is 4.79 Å². The van der Waals surface area contributed by atoms with Crippen molar-refractivity contribution in [2.24, 2.45) is 0 Å². The predicted octanol–water partition coefficient (Wildman–Crippen LogP) is 1.55. The van der Waals surface area contributed by atoms with Crippen molar-refractivity contribution in [2.45, 2.75) is 0 Å². The normalized spacial score (nSPS) is 13.9. The Morgan fingerprint density at radius 1 is 1.53 bits per heavy atom. The molecule has 0 aromatic heterocycles. The average Bonchev–Trinajstić information content (AvgIpc) is 2.26. The number of carbonyl (C=O) groups excluding carboxylic acids is 1. The molecule has 0 unspecified atom stereocenters. The molecule has 0 spiro atoms. The van der Waals surface area contributed by atoms with Crippen LogP contribution in [0.1, 0.15) is 5.56 Å². The molecule has 1 heterocycles. The summed E-state index contributed by atoms with van der Waals surface area (Å²) in [5, 5.41) is 11.1. The largest absolute Gasteiger partial charge is 0.482 e. The molecule has 1 N–H and O–H groups in total. The Kier molecular flexibility index (Phi) is 2.38. The fourth-order valence-electron chi connectivity index (χ4n) is 1.33. The van der Waals surface area contributed by atoms with Gasteiger partial charge in [-0.25, -0.2) is 0 Å². The summed E-state index contributed by atoms with van der Waals surface area (Å²) in [6.07, 6.45) is 3.07. The first-order valence-electron chi connectivity index (χ1n) is 4.42. The zero-order valence-corrected chi connectivity index (χ0v) is 7.86. The smallest absolute Gasteiger partial charge is 0.262 e. The maximum Gasteiger partial charge on any atom is 0.262 e. The predicted molar refractivity (Wildman–Crippen MR) is 55.2 cm³/mol. The zero-order chi connectivity index (χ0) is 10.7. The third-order valence-electron chi connectivity index (χ3n) is 1.99. The number of nitrogens with zero attached hydrogens (tertiary/aromatic N) is 1. The molecular weight excluding hydrogens is 192 g/mol. The maximum absolute atomic E-state index is 11.0. The molecule has 2 rings (SSSR count). The standard InChI is InChI=1S/C11H8N2O2/c12-5-1-2-8-3-4-9-10(6-8)15-7-11(14)13-9/h1-4,6H,7H2,(H,13,14). The second-order valence-corrected chi connectivity index (χ2v) is 3.05. The molecule has 0 saturated carbocycles. The van der Waals surface area contributed by atoms with E-state index in [0.29, 0.717) is 11.4 Å². The van der Waals surface area contributed by atoms with Gasteiger partial charge in [-0.3, -0.25) is 4.79 Å². The van der Waals surface area contributed by atoms with Gasteiger partial charge in [-0.1, -0.05) is 6.07 Å². The SMILES string of the molecule is N#CC=Cc1ccc2c(c1)OCC(=O)N2. The lowest BCUT2D eigenvalue weighted by molar-refractivity contribution is -0.118. The number of benzene rings is 1. The van der Waals surface area contributed by atoms with Crippen LogP contribution in [0.3, 0.4) is 0 Å². The summed E-state index contributed by atoms with van der Waals surface area (Å²) in [6.45, 7) is 0.0401. The molecule has 1 amide bonds. The summed E-state index contributed by atoms with van der Waals surface area (Å²) in [7, 11) is 0. The topological polar surface area (TPSA) is 62.1 Å². The lowest BCUT2D eigenvalue weighted by Crippen LogP contribution is -2.25. The number of rotatable bonds is 1. The maximum atomic E-state index is 11.0. The fraction of sp³-hybridized carbons (Fsp3) is 0.0909. The molecule has 0 atom stereocenters. The molecule has 4 heteroatoms. The highest BCUT2D eigenvalue weighted by Gasteiger charge is 2.15. The summed E-state index contributed by atoms with van der Waals surface area (Å²) in [4.78, 5) is 11.0. The van der Waals surface area contributed by atoms with Crippen LogP contribution in [0.5, 0.6) is 5.75 Å². The van der Waals surface area contributed by atoms with Crippen LogP contribution in [-0.4, -0.2) is 12.5 Å². The highest BCUT2D eigenvalue weighted by molar-refractivity contribution is 5.95. The Morgan fingerprint density at radius 2 is 2.40 bits per heavy atom. The molecule has 4 nitrogen and oxygen atoms in total. The van der Waals surface area contributed by atoms with E-state index in [1.807, 2.05) is 12.1 Å². The second kappa shape index (κ2) is 3.84. The lowest BCUT2D eigenvalue weighted by atomic mass is 10.1. The van der Waals surface area contributed by atoms with Crippen molar-refractivity contribution >= 4 is 17.7 Å². The quantitative estimate of drug-likeness (QED) is 0.699. The number of allylic oxidation sites excluding steroid dienone is 1. The van der Waals surface area contributed by atoms with Gasteiger partial charge >= 0.3 is 0 Å². The third kappa shape index (κ3) is 1.97. The van der Waals surface area contributed by atoms with E-state index in [2.05, 4.69) is 5.32 Å². The van der Waals surface area contributed by atoms with Gasteiger partial charge in [0.2, 0.25) is 0 Å². The van der Waals surface area contributed by atoms with E-state index in [-0.39, 0.29) is 12.5 Å². The van der Waals surface area contributed by atoms with Gasteiger partial charge in [0.1, 0.15) is 5.75 Å². The van der Waals surface area contributed by atoms with Gasteiger partial charge in [-0.15, -0.1) is 0 Å². The van der Waals surface area contributed by atoms with E-state index in [9.17, 15) is 4.79 Å². The number of carbonyl (C=O) groups is 1. The summed E-state index contributed by atoms with van der Waals surface area (Å²) in [5.41, 5.74) is 1.53. The number of ether oxygens (including phenoxy) is 1. The first-order valence-corrected chi connectivity index (χ1v) is 4.42. The highest BCUT2D eigenvalue weighted by atomic mass is 16.5. The van der Waals surface area contributed by atoms with Gasteiger partial charge in [-0.2, -0.15) is 5.26 Å². The van der Waals surface area contributed by atoms with E-state index in [4.69, 9.17) is 10.00 Å². The second-order valence-electron chi connectivity index (χ2n) is 3.05.